The van der Waals surface area contributed by atoms with E-state index in [0.29, 0.717) is 5.84 Å². The maximum atomic E-state index is 5.86. The van der Waals surface area contributed by atoms with E-state index in [1.54, 1.807) is 0 Å². The molecule has 2 N–H and O–H groups in total. The van der Waals surface area contributed by atoms with E-state index < -0.39 is 0 Å². The van der Waals surface area contributed by atoms with E-state index >= 15 is 0 Å². The molecule has 1 aromatic heterocycles. The summed E-state index contributed by atoms with van der Waals surface area (Å²) in [7, 11) is 0. The first-order valence-corrected chi connectivity index (χ1v) is 5.35. The van der Waals surface area contributed by atoms with Crippen LogP contribution in [0.2, 0.25) is 0 Å². The molecule has 14 heavy (non-hydrogen) atoms. The van der Waals surface area contributed by atoms with Crippen LogP contribution in [-0.4, -0.2) is 15.4 Å². The van der Waals surface area contributed by atoms with E-state index in [9.17, 15) is 0 Å². The number of rotatable bonds is 2. The second-order valence-electron chi connectivity index (χ2n) is 4.27. The molecule has 0 aromatic carbocycles. The van der Waals surface area contributed by atoms with Crippen LogP contribution in [0.1, 0.15) is 39.4 Å². The molecule has 5 heteroatoms. The monoisotopic (exact) mass is 212 g/mol. The van der Waals surface area contributed by atoms with Crippen molar-refractivity contribution in [3.05, 3.63) is 11.1 Å². The minimum absolute atomic E-state index is 0.00650. The third-order valence-electron chi connectivity index (χ3n) is 1.91. The summed E-state index contributed by atoms with van der Waals surface area (Å²) < 4.78 is 3.79. The number of nitrogens with two attached hydrogens (primary N) is 1. The van der Waals surface area contributed by atoms with Crippen molar-refractivity contribution in [2.24, 2.45) is 16.1 Å². The smallest absolute Gasteiger partial charge is 0.0999 e. The molecule has 0 bridgehead atoms. The van der Waals surface area contributed by atoms with Gasteiger partial charge in [-0.2, -0.15) is 0 Å². The summed E-state index contributed by atoms with van der Waals surface area (Å²) in [6.07, 6.45) is 0. The molecule has 0 aliphatic carbocycles. The first-order chi connectivity index (χ1) is 6.41. The molecule has 4 nitrogen and oxygen atoms in total. The van der Waals surface area contributed by atoms with Crippen molar-refractivity contribution >= 4 is 17.4 Å². The summed E-state index contributed by atoms with van der Waals surface area (Å²) in [6.45, 7) is 8.09. The number of aromatic nitrogens is 2. The molecule has 0 fully saturated rings. The van der Waals surface area contributed by atoms with Gasteiger partial charge >= 0.3 is 0 Å². The molecule has 1 heterocycles. The summed E-state index contributed by atoms with van der Waals surface area (Å²) in [4.78, 5) is 4.39. The highest BCUT2D eigenvalue weighted by Gasteiger charge is 2.17. The zero-order valence-corrected chi connectivity index (χ0v) is 9.80. The van der Waals surface area contributed by atoms with Crippen LogP contribution in [0, 0.1) is 5.41 Å². The standard InChI is InChI=1S/C9H16N4S/c1-6(7-5-14-13-12-7)11-8(10)9(2,3)4/h5-6H,1-4H3,(H2,10,11). The van der Waals surface area contributed by atoms with Gasteiger partial charge in [0.05, 0.1) is 17.6 Å². The van der Waals surface area contributed by atoms with Crippen LogP contribution >= 0.6 is 11.5 Å². The van der Waals surface area contributed by atoms with Gasteiger partial charge in [-0.1, -0.05) is 25.3 Å². The predicted molar refractivity (Wildman–Crippen MR) is 59.4 cm³/mol. The fraction of sp³-hybridized carbons (Fsp3) is 0.667. The molecule has 78 valence electrons. The van der Waals surface area contributed by atoms with Crippen molar-refractivity contribution in [1.29, 1.82) is 0 Å². The lowest BCUT2D eigenvalue weighted by Crippen LogP contribution is -2.29. The number of hydrogen-bond acceptors (Lipinski definition) is 4. The predicted octanol–water partition coefficient (Wildman–Crippen LogP) is 2.00. The molecule has 1 unspecified atom stereocenters. The van der Waals surface area contributed by atoms with E-state index in [1.807, 2.05) is 33.1 Å². The topological polar surface area (TPSA) is 64.2 Å². The molecular formula is C9H16N4S. The first-order valence-electron chi connectivity index (χ1n) is 4.52. The van der Waals surface area contributed by atoms with Crippen LogP contribution in [-0.2, 0) is 0 Å². The van der Waals surface area contributed by atoms with Crippen molar-refractivity contribution in [1.82, 2.24) is 9.59 Å². The highest BCUT2D eigenvalue weighted by molar-refractivity contribution is 7.03. The molecule has 0 aliphatic heterocycles. The van der Waals surface area contributed by atoms with E-state index in [1.165, 1.54) is 11.5 Å². The van der Waals surface area contributed by atoms with Crippen LogP contribution in [0.4, 0.5) is 0 Å². The number of hydrogen-bond donors (Lipinski definition) is 1. The maximum Gasteiger partial charge on any atom is 0.0999 e. The van der Waals surface area contributed by atoms with Gasteiger partial charge < -0.3 is 5.73 Å². The quantitative estimate of drug-likeness (QED) is 0.602. The molecule has 0 saturated heterocycles. The third-order valence-corrected chi connectivity index (χ3v) is 2.43. The average molecular weight is 212 g/mol. The Morgan fingerprint density at radius 3 is 2.64 bits per heavy atom. The van der Waals surface area contributed by atoms with Gasteiger partial charge in [0.15, 0.2) is 0 Å². The minimum atomic E-state index is -0.0856. The lowest BCUT2D eigenvalue weighted by atomic mass is 9.95. The summed E-state index contributed by atoms with van der Waals surface area (Å²) in [5.41, 5.74) is 6.65. The normalized spacial score (nSPS) is 15.6. The molecule has 0 amide bonds. The molecule has 0 aliphatic rings. The minimum Gasteiger partial charge on any atom is -0.387 e. The maximum absolute atomic E-state index is 5.86. The Bertz CT molecular complexity index is 310. The summed E-state index contributed by atoms with van der Waals surface area (Å²) in [5, 5.41) is 5.85. The Morgan fingerprint density at radius 1 is 1.57 bits per heavy atom. The van der Waals surface area contributed by atoms with Crippen LogP contribution in [0.15, 0.2) is 10.4 Å². The Labute approximate surface area is 88.4 Å². The number of aliphatic imine (C=N–C) groups is 1. The largest absolute Gasteiger partial charge is 0.387 e. The Kier molecular flexibility index (Phi) is 3.21. The number of nitrogens with zero attached hydrogens (tertiary/aromatic N) is 3. The molecule has 1 rings (SSSR count). The Morgan fingerprint density at radius 2 is 2.21 bits per heavy atom. The van der Waals surface area contributed by atoms with Gasteiger partial charge in [-0.15, -0.1) is 5.10 Å². The molecule has 0 saturated carbocycles. The zero-order valence-electron chi connectivity index (χ0n) is 8.98. The first kappa shape index (κ1) is 11.1. The molecule has 1 aromatic rings. The van der Waals surface area contributed by atoms with Gasteiger partial charge in [-0.3, -0.25) is 4.99 Å². The third kappa shape index (κ3) is 2.77. The van der Waals surface area contributed by atoms with Crippen molar-refractivity contribution < 1.29 is 0 Å². The second-order valence-corrected chi connectivity index (χ2v) is 4.88. The fourth-order valence-electron chi connectivity index (χ4n) is 0.822. The lowest BCUT2D eigenvalue weighted by molar-refractivity contribution is 0.574. The van der Waals surface area contributed by atoms with Gasteiger partial charge in [0, 0.05) is 10.8 Å². The SMILES string of the molecule is CC(N=C(N)C(C)(C)C)c1csnn1. The summed E-state index contributed by atoms with van der Waals surface area (Å²) >= 11 is 1.33. The van der Waals surface area contributed by atoms with Gasteiger partial charge in [0.25, 0.3) is 0 Å². The van der Waals surface area contributed by atoms with Crippen LogP contribution in [0.25, 0.3) is 0 Å². The van der Waals surface area contributed by atoms with E-state index in [-0.39, 0.29) is 11.5 Å². The Balaban J connectivity index is 2.78. The summed E-state index contributed by atoms with van der Waals surface area (Å²) in [6, 6.07) is -0.00650. The van der Waals surface area contributed by atoms with E-state index in [2.05, 4.69) is 14.6 Å². The second kappa shape index (κ2) is 4.04. The van der Waals surface area contributed by atoms with Gasteiger partial charge in [-0.25, -0.2) is 0 Å². The Hall–Kier alpha value is -0.970. The van der Waals surface area contributed by atoms with Gasteiger partial charge in [-0.05, 0) is 18.5 Å². The molecule has 0 radical (unpaired) electrons. The van der Waals surface area contributed by atoms with E-state index in [4.69, 9.17) is 5.73 Å². The van der Waals surface area contributed by atoms with E-state index in [0.717, 1.165) is 5.69 Å². The highest BCUT2D eigenvalue weighted by Crippen LogP contribution is 2.19. The van der Waals surface area contributed by atoms with Crippen molar-refractivity contribution in [3.63, 3.8) is 0 Å². The average Bonchev–Trinajstić information content (AvgIpc) is 2.53. The van der Waals surface area contributed by atoms with Crippen LogP contribution in [0.3, 0.4) is 0 Å². The van der Waals surface area contributed by atoms with Crippen molar-refractivity contribution in [3.8, 4) is 0 Å². The highest BCUT2D eigenvalue weighted by atomic mass is 32.1. The van der Waals surface area contributed by atoms with Crippen molar-refractivity contribution in [2.45, 2.75) is 33.7 Å². The molecular weight excluding hydrogens is 196 g/mol. The number of amidine groups is 1. The molecule has 0 spiro atoms. The molecule has 1 atom stereocenters. The van der Waals surface area contributed by atoms with Crippen LogP contribution < -0.4 is 5.73 Å². The van der Waals surface area contributed by atoms with Crippen molar-refractivity contribution in [2.75, 3.05) is 0 Å². The summed E-state index contributed by atoms with van der Waals surface area (Å²) in [5.74, 6) is 0.651. The zero-order chi connectivity index (χ0) is 10.8. The van der Waals surface area contributed by atoms with Gasteiger partial charge in [0.1, 0.15) is 0 Å². The van der Waals surface area contributed by atoms with Crippen LogP contribution in [0.5, 0.6) is 0 Å². The fourth-order valence-corrected chi connectivity index (χ4v) is 1.36. The van der Waals surface area contributed by atoms with Gasteiger partial charge in [0.2, 0.25) is 0 Å². The lowest BCUT2D eigenvalue weighted by Gasteiger charge is -2.18.